The summed E-state index contributed by atoms with van der Waals surface area (Å²) in [6.45, 7) is 4.79. The van der Waals surface area contributed by atoms with Crippen LogP contribution in [0.1, 0.15) is 22.5 Å². The van der Waals surface area contributed by atoms with Gasteiger partial charge in [0.15, 0.2) is 0 Å². The van der Waals surface area contributed by atoms with E-state index in [0.29, 0.717) is 12.0 Å². The Morgan fingerprint density at radius 2 is 1.96 bits per heavy atom. The Labute approximate surface area is 143 Å². The number of likely N-dealkylation sites (N-methyl/N-ethyl adjacent to an activating group) is 1. The zero-order valence-corrected chi connectivity index (χ0v) is 14.3. The molecule has 124 valence electrons. The molecule has 0 saturated carbocycles. The van der Waals surface area contributed by atoms with Crippen molar-refractivity contribution in [3.05, 3.63) is 53.9 Å². The normalized spacial score (nSPS) is 23.5. The van der Waals surface area contributed by atoms with Gasteiger partial charge in [-0.3, -0.25) is 9.78 Å². The van der Waals surface area contributed by atoms with Crippen molar-refractivity contribution in [1.29, 1.82) is 0 Å². The highest BCUT2D eigenvalue weighted by Crippen LogP contribution is 2.33. The van der Waals surface area contributed by atoms with Gasteiger partial charge in [-0.1, -0.05) is 30.3 Å². The zero-order chi connectivity index (χ0) is 16.7. The number of rotatable bonds is 2. The first kappa shape index (κ1) is 15.3. The van der Waals surface area contributed by atoms with E-state index in [4.69, 9.17) is 0 Å². The van der Waals surface area contributed by atoms with Crippen LogP contribution in [0.15, 0.2) is 42.6 Å². The topological polar surface area (TPSA) is 36.4 Å². The van der Waals surface area contributed by atoms with Crippen LogP contribution >= 0.6 is 0 Å². The third-order valence-electron chi connectivity index (χ3n) is 5.55. The van der Waals surface area contributed by atoms with Gasteiger partial charge in [-0.05, 0) is 50.0 Å². The Morgan fingerprint density at radius 3 is 2.71 bits per heavy atom. The number of amides is 1. The molecular formula is C20H23N3O. The minimum atomic E-state index is 0.127. The van der Waals surface area contributed by atoms with Gasteiger partial charge < -0.3 is 9.80 Å². The number of aryl methyl sites for hydroxylation is 1. The number of benzene rings is 1. The second kappa shape index (κ2) is 6.02. The van der Waals surface area contributed by atoms with Crippen molar-refractivity contribution in [2.45, 2.75) is 19.4 Å². The van der Waals surface area contributed by atoms with Crippen molar-refractivity contribution in [2.75, 3.05) is 26.7 Å². The van der Waals surface area contributed by atoms with Crippen LogP contribution in [0.2, 0.25) is 0 Å². The lowest BCUT2D eigenvalue weighted by Gasteiger charge is -2.22. The highest BCUT2D eigenvalue weighted by Gasteiger charge is 2.41. The summed E-state index contributed by atoms with van der Waals surface area (Å²) in [4.78, 5) is 22.1. The van der Waals surface area contributed by atoms with E-state index in [1.165, 1.54) is 6.42 Å². The maximum atomic E-state index is 13.3. The van der Waals surface area contributed by atoms with Crippen molar-refractivity contribution in [3.8, 4) is 11.1 Å². The number of fused-ring (bicyclic) bond motifs is 1. The fourth-order valence-corrected chi connectivity index (χ4v) is 4.19. The molecule has 0 unspecified atom stereocenters. The van der Waals surface area contributed by atoms with E-state index in [2.05, 4.69) is 29.1 Å². The van der Waals surface area contributed by atoms with Gasteiger partial charge in [0.05, 0.1) is 11.3 Å². The highest BCUT2D eigenvalue weighted by atomic mass is 16.2. The first-order valence-corrected chi connectivity index (χ1v) is 8.65. The standard InChI is InChI=1S/C20H23N3O/c1-14-19(17(8-10-21-14)15-6-4-3-5-7-15)20(24)23-12-16-9-11-22(2)18(16)13-23/h3-8,10,16,18H,9,11-13H2,1-2H3/t16-,18+/m0/s1. The predicted octanol–water partition coefficient (Wildman–Crippen LogP) is 2.83. The molecule has 24 heavy (non-hydrogen) atoms. The summed E-state index contributed by atoms with van der Waals surface area (Å²) in [5.41, 5.74) is 3.62. The molecule has 2 aliphatic heterocycles. The van der Waals surface area contributed by atoms with Crippen LogP contribution in [0.5, 0.6) is 0 Å². The Bertz CT molecular complexity index is 759. The minimum Gasteiger partial charge on any atom is -0.337 e. The first-order valence-electron chi connectivity index (χ1n) is 8.65. The number of carbonyl (C=O) groups is 1. The van der Waals surface area contributed by atoms with Crippen molar-refractivity contribution in [1.82, 2.24) is 14.8 Å². The summed E-state index contributed by atoms with van der Waals surface area (Å²) in [7, 11) is 2.17. The van der Waals surface area contributed by atoms with Crippen LogP contribution in [0.3, 0.4) is 0 Å². The minimum absolute atomic E-state index is 0.127. The lowest BCUT2D eigenvalue weighted by molar-refractivity contribution is 0.0774. The Kier molecular flexibility index (Phi) is 3.85. The summed E-state index contributed by atoms with van der Waals surface area (Å²) in [5.74, 6) is 0.748. The molecular weight excluding hydrogens is 298 g/mol. The average Bonchev–Trinajstić information content (AvgIpc) is 3.17. The van der Waals surface area contributed by atoms with Crippen molar-refractivity contribution < 1.29 is 4.79 Å². The number of likely N-dealkylation sites (tertiary alicyclic amines) is 2. The van der Waals surface area contributed by atoms with Crippen molar-refractivity contribution >= 4 is 5.91 Å². The van der Waals surface area contributed by atoms with Crippen molar-refractivity contribution in [3.63, 3.8) is 0 Å². The fourth-order valence-electron chi connectivity index (χ4n) is 4.19. The van der Waals surface area contributed by atoms with Gasteiger partial charge in [0.25, 0.3) is 5.91 Å². The van der Waals surface area contributed by atoms with Crippen molar-refractivity contribution in [2.24, 2.45) is 5.92 Å². The largest absolute Gasteiger partial charge is 0.337 e. The lowest BCUT2D eigenvalue weighted by Crippen LogP contribution is -2.35. The Morgan fingerprint density at radius 1 is 1.17 bits per heavy atom. The molecule has 1 aromatic heterocycles. The molecule has 4 rings (SSSR count). The van der Waals surface area contributed by atoms with Crippen LogP contribution in [0, 0.1) is 12.8 Å². The number of hydrogen-bond donors (Lipinski definition) is 0. The number of aromatic nitrogens is 1. The van der Waals surface area contributed by atoms with Gasteiger partial charge in [-0.2, -0.15) is 0 Å². The number of carbonyl (C=O) groups excluding carboxylic acids is 1. The van der Waals surface area contributed by atoms with Gasteiger partial charge in [-0.15, -0.1) is 0 Å². The van der Waals surface area contributed by atoms with Crippen LogP contribution in [0.25, 0.3) is 11.1 Å². The summed E-state index contributed by atoms with van der Waals surface area (Å²) in [6.07, 6.45) is 2.99. The van der Waals surface area contributed by atoms with Crippen LogP contribution in [0.4, 0.5) is 0 Å². The summed E-state index contributed by atoms with van der Waals surface area (Å²) >= 11 is 0. The second-order valence-electron chi connectivity index (χ2n) is 6.99. The molecule has 0 radical (unpaired) electrons. The summed E-state index contributed by atoms with van der Waals surface area (Å²) < 4.78 is 0. The maximum absolute atomic E-state index is 13.3. The van der Waals surface area contributed by atoms with Crippen LogP contribution < -0.4 is 0 Å². The number of hydrogen-bond acceptors (Lipinski definition) is 3. The molecule has 0 spiro atoms. The lowest BCUT2D eigenvalue weighted by atomic mass is 9.98. The number of pyridine rings is 1. The molecule has 0 bridgehead atoms. The molecule has 2 fully saturated rings. The summed E-state index contributed by atoms with van der Waals surface area (Å²) in [5, 5.41) is 0. The SMILES string of the molecule is Cc1nccc(-c2ccccc2)c1C(=O)N1C[C@@H]2CCN(C)[C@@H]2C1. The van der Waals surface area contributed by atoms with Crippen LogP contribution in [-0.4, -0.2) is 53.4 Å². The number of nitrogens with zero attached hydrogens (tertiary/aromatic N) is 3. The third kappa shape index (κ3) is 2.51. The van der Waals surface area contributed by atoms with E-state index < -0.39 is 0 Å². The van der Waals surface area contributed by atoms with E-state index in [9.17, 15) is 4.79 Å². The quantitative estimate of drug-likeness (QED) is 0.853. The predicted molar refractivity (Wildman–Crippen MR) is 94.8 cm³/mol. The van der Waals surface area contributed by atoms with Gasteiger partial charge >= 0.3 is 0 Å². The molecule has 2 aliphatic rings. The third-order valence-corrected chi connectivity index (χ3v) is 5.55. The first-order chi connectivity index (χ1) is 11.6. The average molecular weight is 321 g/mol. The molecule has 2 aromatic rings. The molecule has 0 aliphatic carbocycles. The Hall–Kier alpha value is -2.20. The monoisotopic (exact) mass is 321 g/mol. The molecule has 2 atom stereocenters. The van der Waals surface area contributed by atoms with E-state index >= 15 is 0 Å². The molecule has 1 amide bonds. The second-order valence-corrected chi connectivity index (χ2v) is 6.99. The van der Waals surface area contributed by atoms with E-state index in [1.807, 2.05) is 36.1 Å². The zero-order valence-electron chi connectivity index (χ0n) is 14.3. The molecule has 0 N–H and O–H groups in total. The van der Waals surface area contributed by atoms with Gasteiger partial charge in [0, 0.05) is 25.3 Å². The maximum Gasteiger partial charge on any atom is 0.256 e. The van der Waals surface area contributed by atoms with Gasteiger partial charge in [0.1, 0.15) is 0 Å². The van der Waals surface area contributed by atoms with E-state index in [1.54, 1.807) is 6.20 Å². The fraction of sp³-hybridized carbons (Fsp3) is 0.400. The molecule has 2 saturated heterocycles. The Balaban J connectivity index is 1.68. The smallest absolute Gasteiger partial charge is 0.256 e. The van der Waals surface area contributed by atoms with Gasteiger partial charge in [0.2, 0.25) is 0 Å². The summed E-state index contributed by atoms with van der Waals surface area (Å²) in [6, 6.07) is 12.6. The molecule has 4 heteroatoms. The highest BCUT2D eigenvalue weighted by molar-refractivity contribution is 6.02. The molecule has 4 nitrogen and oxygen atoms in total. The van der Waals surface area contributed by atoms with E-state index in [-0.39, 0.29) is 5.91 Å². The van der Waals surface area contributed by atoms with Gasteiger partial charge in [-0.25, -0.2) is 0 Å². The molecule has 1 aromatic carbocycles. The van der Waals surface area contributed by atoms with Crippen LogP contribution in [-0.2, 0) is 0 Å². The molecule has 3 heterocycles. The van der Waals surface area contributed by atoms with E-state index in [0.717, 1.165) is 42.0 Å².